The molecule has 0 spiro atoms. The van der Waals surface area contributed by atoms with Crippen molar-refractivity contribution in [1.82, 2.24) is 0 Å². The highest BCUT2D eigenvalue weighted by atomic mass is 16.5. The second-order valence-corrected chi connectivity index (χ2v) is 13.2. The predicted octanol–water partition coefficient (Wildman–Crippen LogP) is 9.60. The van der Waals surface area contributed by atoms with Gasteiger partial charge in [-0.05, 0) is 106 Å². The molecule has 4 heteroatoms. The van der Waals surface area contributed by atoms with Gasteiger partial charge in [0.2, 0.25) is 5.69 Å². The van der Waals surface area contributed by atoms with Crippen LogP contribution in [0.2, 0.25) is 0 Å². The van der Waals surface area contributed by atoms with Crippen molar-refractivity contribution >= 4 is 23.4 Å². The molecule has 0 fully saturated rings. The van der Waals surface area contributed by atoms with Crippen LogP contribution in [-0.2, 0) is 10.8 Å². The van der Waals surface area contributed by atoms with Gasteiger partial charge in [-0.15, -0.1) is 0 Å². The Kier molecular flexibility index (Phi) is 8.26. The summed E-state index contributed by atoms with van der Waals surface area (Å²) in [5.41, 5.74) is 10.8. The van der Waals surface area contributed by atoms with E-state index in [0.29, 0.717) is 5.56 Å². The van der Waals surface area contributed by atoms with E-state index in [1.54, 1.807) is 0 Å². The van der Waals surface area contributed by atoms with Crippen molar-refractivity contribution in [2.75, 3.05) is 18.0 Å². The zero-order chi connectivity index (χ0) is 31.8. The van der Waals surface area contributed by atoms with Crippen LogP contribution in [0.25, 0.3) is 0 Å². The maximum absolute atomic E-state index is 11.3. The van der Waals surface area contributed by atoms with E-state index in [0.717, 1.165) is 50.1 Å². The molecule has 0 saturated carbocycles. The Labute approximate surface area is 268 Å². The van der Waals surface area contributed by atoms with Gasteiger partial charge in [0.1, 0.15) is 24.3 Å². The number of nitrogens with zero attached hydrogens (tertiary/aromatic N) is 2. The normalized spacial score (nSPS) is 20.4. The van der Waals surface area contributed by atoms with Gasteiger partial charge in [-0.1, -0.05) is 56.3 Å². The molecule has 0 unspecified atom stereocenters. The number of ether oxygens (including phenoxy) is 1. The van der Waals surface area contributed by atoms with Crippen LogP contribution >= 0.6 is 0 Å². The molecule has 0 radical (unpaired) electrons. The Balaban J connectivity index is 1.44. The average Bonchev–Trinajstić information content (AvgIpc) is 3.41. The van der Waals surface area contributed by atoms with E-state index in [4.69, 9.17) is 4.74 Å². The summed E-state index contributed by atoms with van der Waals surface area (Å²) < 4.78 is 9.16. The summed E-state index contributed by atoms with van der Waals surface area (Å²) in [6.45, 7) is 15.6. The molecule has 0 N–H and O–H groups in total. The summed E-state index contributed by atoms with van der Waals surface area (Å²) in [6, 6.07) is 24.9. The maximum atomic E-state index is 11.3. The lowest BCUT2D eigenvalue weighted by atomic mass is 9.81. The molecule has 3 aromatic rings. The number of benzene rings is 3. The number of hydrogen-bond donors (Lipinski definition) is 0. The highest BCUT2D eigenvalue weighted by Gasteiger charge is 2.43. The minimum absolute atomic E-state index is 0.0974. The van der Waals surface area contributed by atoms with Crippen LogP contribution < -0.4 is 9.64 Å². The number of allylic oxidation sites excluding steroid dienone is 7. The molecule has 2 heterocycles. The maximum Gasteiger partial charge on any atom is 0.209 e. The van der Waals surface area contributed by atoms with Gasteiger partial charge < -0.3 is 9.64 Å². The number of rotatable bonds is 8. The van der Waals surface area contributed by atoms with Crippen molar-refractivity contribution in [3.63, 3.8) is 0 Å². The number of fused-ring (bicyclic) bond motifs is 2. The van der Waals surface area contributed by atoms with E-state index >= 15 is 0 Å². The third-order valence-electron chi connectivity index (χ3n) is 9.83. The summed E-state index contributed by atoms with van der Waals surface area (Å²) in [5.74, 6) is 1.66. The van der Waals surface area contributed by atoms with E-state index < -0.39 is 0 Å². The van der Waals surface area contributed by atoms with Crippen molar-refractivity contribution in [2.45, 2.75) is 71.6 Å². The second kappa shape index (κ2) is 12.2. The summed E-state index contributed by atoms with van der Waals surface area (Å²) in [6.07, 6.45) is 13.0. The Bertz CT molecular complexity index is 1780. The molecule has 0 aromatic heterocycles. The van der Waals surface area contributed by atoms with Crippen molar-refractivity contribution < 1.29 is 14.1 Å². The minimum atomic E-state index is -0.0974. The quantitative estimate of drug-likeness (QED) is 0.191. The van der Waals surface area contributed by atoms with Crippen LogP contribution in [0.4, 0.5) is 11.4 Å². The SMILES string of the molecule is CCN1/C(=C/C=C2\CCCC(/C=C/C3=[N+](CC)c4ccccc4C3(C)C)=C2Oc2ccc(C=O)cc2)C(C)(C)c2ccccc21. The smallest absolute Gasteiger partial charge is 0.209 e. The van der Waals surface area contributed by atoms with E-state index in [1.807, 2.05) is 24.3 Å². The van der Waals surface area contributed by atoms with Gasteiger partial charge in [0.25, 0.3) is 0 Å². The molecule has 45 heavy (non-hydrogen) atoms. The Morgan fingerprint density at radius 3 is 2.24 bits per heavy atom. The van der Waals surface area contributed by atoms with Crippen LogP contribution in [0.15, 0.2) is 120 Å². The van der Waals surface area contributed by atoms with E-state index in [-0.39, 0.29) is 10.8 Å². The number of carbonyl (C=O) groups is 1. The van der Waals surface area contributed by atoms with Crippen molar-refractivity contribution in [3.05, 3.63) is 136 Å². The molecule has 4 nitrogen and oxygen atoms in total. The van der Waals surface area contributed by atoms with Crippen molar-refractivity contribution in [2.24, 2.45) is 0 Å². The lowest BCUT2D eigenvalue weighted by Crippen LogP contribution is -2.27. The number of para-hydroxylation sites is 2. The first-order valence-electron chi connectivity index (χ1n) is 16.4. The van der Waals surface area contributed by atoms with E-state index in [9.17, 15) is 4.79 Å². The lowest BCUT2D eigenvalue weighted by Gasteiger charge is -2.26. The van der Waals surface area contributed by atoms with Crippen LogP contribution in [0.1, 0.15) is 82.3 Å². The van der Waals surface area contributed by atoms with Gasteiger partial charge in [-0.25, -0.2) is 0 Å². The molecule has 0 bridgehead atoms. The first-order chi connectivity index (χ1) is 21.7. The summed E-state index contributed by atoms with van der Waals surface area (Å²) in [5, 5.41) is 0. The number of hydrogen-bond acceptors (Lipinski definition) is 3. The largest absolute Gasteiger partial charge is 0.457 e. The standard InChI is InChI=1S/C41H45N2O2/c1-7-42-35-18-11-9-16-33(35)40(3,4)37(42)26-22-30-14-13-15-31(39(30)45-32-24-20-29(28-44)21-25-32)23-27-38-41(5,6)34-17-10-12-19-36(34)43(38)8-2/h9-12,16-28H,7-8,13-15H2,1-6H3/q+1. The highest BCUT2D eigenvalue weighted by molar-refractivity contribution is 6.03. The average molecular weight is 598 g/mol. The molecule has 2 aliphatic heterocycles. The Morgan fingerprint density at radius 2 is 1.53 bits per heavy atom. The zero-order valence-electron chi connectivity index (χ0n) is 27.6. The van der Waals surface area contributed by atoms with Gasteiger partial charge >= 0.3 is 0 Å². The fourth-order valence-electron chi connectivity index (χ4n) is 7.41. The molecule has 3 aromatic carbocycles. The third-order valence-corrected chi connectivity index (χ3v) is 9.83. The highest BCUT2D eigenvalue weighted by Crippen LogP contribution is 2.47. The number of carbonyl (C=O) groups excluding carboxylic acids is 1. The molecule has 3 aliphatic rings. The molecule has 0 amide bonds. The van der Waals surface area contributed by atoms with Crippen LogP contribution in [0, 0.1) is 0 Å². The van der Waals surface area contributed by atoms with Crippen molar-refractivity contribution in [3.8, 4) is 5.75 Å². The van der Waals surface area contributed by atoms with Gasteiger partial charge in [0, 0.05) is 46.6 Å². The van der Waals surface area contributed by atoms with Crippen LogP contribution in [0.3, 0.4) is 0 Å². The topological polar surface area (TPSA) is 32.5 Å². The second-order valence-electron chi connectivity index (χ2n) is 13.2. The number of likely N-dealkylation sites (N-methyl/N-ethyl adjacent to an activating group) is 1. The third kappa shape index (κ3) is 5.41. The molecule has 0 atom stereocenters. The summed E-state index contributed by atoms with van der Waals surface area (Å²) >= 11 is 0. The zero-order valence-corrected chi connectivity index (χ0v) is 27.6. The Hall–Kier alpha value is -4.44. The first kappa shape index (κ1) is 30.6. The first-order valence-corrected chi connectivity index (χ1v) is 16.4. The monoisotopic (exact) mass is 597 g/mol. The lowest BCUT2D eigenvalue weighted by molar-refractivity contribution is -0.433. The van der Waals surface area contributed by atoms with Crippen LogP contribution in [-0.4, -0.2) is 29.7 Å². The molecule has 1 aliphatic carbocycles. The number of aldehydes is 1. The summed E-state index contributed by atoms with van der Waals surface area (Å²) in [4.78, 5) is 13.8. The van der Waals surface area contributed by atoms with E-state index in [1.165, 1.54) is 45.1 Å². The summed E-state index contributed by atoms with van der Waals surface area (Å²) in [7, 11) is 0. The Morgan fingerprint density at radius 1 is 0.822 bits per heavy atom. The van der Waals surface area contributed by atoms with Crippen LogP contribution in [0.5, 0.6) is 5.75 Å². The van der Waals surface area contributed by atoms with Gasteiger partial charge in [-0.3, -0.25) is 4.79 Å². The molecular formula is C41H45N2O2+. The van der Waals surface area contributed by atoms with Gasteiger partial charge in [0.15, 0.2) is 5.71 Å². The fourth-order valence-corrected chi connectivity index (χ4v) is 7.41. The van der Waals surface area contributed by atoms with Gasteiger partial charge in [0.05, 0.1) is 5.41 Å². The molecule has 230 valence electrons. The predicted molar refractivity (Wildman–Crippen MR) is 186 cm³/mol. The van der Waals surface area contributed by atoms with E-state index in [2.05, 4.69) is 124 Å². The van der Waals surface area contributed by atoms with Crippen molar-refractivity contribution in [1.29, 1.82) is 0 Å². The van der Waals surface area contributed by atoms with Gasteiger partial charge in [-0.2, -0.15) is 4.58 Å². The fraction of sp³-hybridized carbons (Fsp3) is 0.317. The molecule has 0 saturated heterocycles. The number of anilines is 1. The minimum Gasteiger partial charge on any atom is -0.457 e. The molecular weight excluding hydrogens is 552 g/mol. The molecule has 6 rings (SSSR count).